The number of nitrogens with two attached hydrogens (primary N) is 1. The molecule has 0 saturated carbocycles. The lowest BCUT2D eigenvalue weighted by Crippen LogP contribution is -2.47. The molecule has 1 fully saturated rings. The second kappa shape index (κ2) is 7.23. The van der Waals surface area contributed by atoms with Crippen LogP contribution in [0.1, 0.15) is 37.3 Å². The van der Waals surface area contributed by atoms with Crippen LogP contribution in [-0.4, -0.2) is 49.0 Å². The van der Waals surface area contributed by atoms with Crippen molar-refractivity contribution in [2.24, 2.45) is 16.6 Å². The Morgan fingerprint density at radius 3 is 2.64 bits per heavy atom. The van der Waals surface area contributed by atoms with Gasteiger partial charge in [-0.2, -0.15) is 0 Å². The molecule has 0 aliphatic carbocycles. The fourth-order valence-corrected chi connectivity index (χ4v) is 5.75. The zero-order valence-corrected chi connectivity index (χ0v) is 18.5. The zero-order chi connectivity index (χ0) is 22.7. The van der Waals surface area contributed by atoms with E-state index in [1.165, 1.54) is 0 Å². The van der Waals surface area contributed by atoms with Crippen LogP contribution in [-0.2, 0) is 15.0 Å². The topological polar surface area (TPSA) is 97.5 Å². The quantitative estimate of drug-likeness (QED) is 0.765. The van der Waals surface area contributed by atoms with Gasteiger partial charge in [0.15, 0.2) is 11.5 Å². The number of anilines is 1. The number of amides is 2. The van der Waals surface area contributed by atoms with Crippen molar-refractivity contribution in [3.05, 3.63) is 47.5 Å². The Labute approximate surface area is 192 Å². The molecule has 6 rings (SSSR count). The first-order valence-electron chi connectivity index (χ1n) is 11.4. The lowest BCUT2D eigenvalue weighted by atomic mass is 9.70. The Morgan fingerprint density at radius 1 is 1.15 bits per heavy atom. The average molecular weight is 447 g/mol. The van der Waals surface area contributed by atoms with E-state index in [0.29, 0.717) is 41.9 Å². The highest BCUT2D eigenvalue weighted by Crippen LogP contribution is 2.55. The molecule has 2 aromatic rings. The number of rotatable bonds is 2. The molecule has 170 valence electrons. The predicted octanol–water partition coefficient (Wildman–Crippen LogP) is 2.70. The highest BCUT2D eigenvalue weighted by Gasteiger charge is 2.55. The van der Waals surface area contributed by atoms with Crippen molar-refractivity contribution < 1.29 is 19.1 Å². The zero-order valence-electron chi connectivity index (χ0n) is 18.5. The van der Waals surface area contributed by atoms with Crippen molar-refractivity contribution >= 4 is 29.0 Å². The molecule has 2 N–H and O–H groups in total. The smallest absolute Gasteiger partial charge is 0.242 e. The first-order chi connectivity index (χ1) is 16.0. The van der Waals surface area contributed by atoms with E-state index in [9.17, 15) is 9.59 Å². The Hall–Kier alpha value is -3.55. The molecule has 4 aliphatic heterocycles. The lowest BCUT2D eigenvalue weighted by Gasteiger charge is -2.35. The van der Waals surface area contributed by atoms with Crippen molar-refractivity contribution in [2.45, 2.75) is 31.6 Å². The summed E-state index contributed by atoms with van der Waals surface area (Å²) in [6, 6.07) is 11.7. The van der Waals surface area contributed by atoms with E-state index in [1.54, 1.807) is 6.92 Å². The second-order valence-electron chi connectivity index (χ2n) is 9.29. The van der Waals surface area contributed by atoms with Gasteiger partial charge >= 0.3 is 0 Å². The van der Waals surface area contributed by atoms with Gasteiger partial charge in [0, 0.05) is 50.3 Å². The molecule has 2 amide bonds. The molecule has 0 radical (unpaired) electrons. The molecular formula is C25H26N4O4. The molecule has 0 aromatic heterocycles. The van der Waals surface area contributed by atoms with Gasteiger partial charge in [-0.1, -0.05) is 18.2 Å². The van der Waals surface area contributed by atoms with Crippen molar-refractivity contribution in [1.29, 1.82) is 0 Å². The van der Waals surface area contributed by atoms with Crippen LogP contribution in [0, 0.1) is 5.92 Å². The third-order valence-electron chi connectivity index (χ3n) is 7.43. The third-order valence-corrected chi connectivity index (χ3v) is 7.43. The Kier molecular flexibility index (Phi) is 4.40. The molecule has 33 heavy (non-hydrogen) atoms. The Morgan fingerprint density at radius 2 is 1.88 bits per heavy atom. The number of aliphatic imine (C=N–C) groups is 1. The fraction of sp³-hybridized carbons (Fsp3) is 0.400. The third kappa shape index (κ3) is 2.93. The van der Waals surface area contributed by atoms with Gasteiger partial charge < -0.3 is 25.0 Å². The van der Waals surface area contributed by atoms with Gasteiger partial charge in [-0.3, -0.25) is 9.59 Å². The SMILES string of the molecule is CC(=O)N1CCC(CN2C(=O)C3(CC(N)=Nc4cc5c(cc43)OCO5)c3ccccc32)CC1. The lowest BCUT2D eigenvalue weighted by molar-refractivity contribution is -0.130. The van der Waals surface area contributed by atoms with E-state index in [2.05, 4.69) is 4.99 Å². The number of hydrogen-bond donors (Lipinski definition) is 1. The highest BCUT2D eigenvalue weighted by molar-refractivity contribution is 6.14. The number of hydrogen-bond acceptors (Lipinski definition) is 6. The maximum Gasteiger partial charge on any atom is 0.242 e. The summed E-state index contributed by atoms with van der Waals surface area (Å²) in [7, 11) is 0. The minimum Gasteiger partial charge on any atom is -0.454 e. The van der Waals surface area contributed by atoms with Gasteiger partial charge in [0.25, 0.3) is 0 Å². The van der Waals surface area contributed by atoms with E-state index in [1.807, 2.05) is 46.2 Å². The number of fused-ring (bicyclic) bond motifs is 5. The van der Waals surface area contributed by atoms with Gasteiger partial charge in [-0.15, -0.1) is 0 Å². The van der Waals surface area contributed by atoms with Gasteiger partial charge in [0.2, 0.25) is 18.6 Å². The van der Waals surface area contributed by atoms with Gasteiger partial charge in [0.05, 0.1) is 5.69 Å². The van der Waals surface area contributed by atoms with Crippen LogP contribution in [0.4, 0.5) is 11.4 Å². The standard InChI is InChI=1S/C25H26N4O4/c1-15(30)28-8-6-16(7-9-28)13-29-20-5-3-2-4-17(20)25(24(29)31)12-23(26)27-19-11-22-21(10-18(19)25)32-14-33-22/h2-5,10-11,16H,6-9,12-14H2,1H3,(H2,26,27). The van der Waals surface area contributed by atoms with Gasteiger partial charge in [0.1, 0.15) is 11.3 Å². The van der Waals surface area contributed by atoms with E-state index in [4.69, 9.17) is 15.2 Å². The van der Waals surface area contributed by atoms with Crippen molar-refractivity contribution in [3.63, 3.8) is 0 Å². The number of ether oxygens (including phenoxy) is 2. The number of amidine groups is 1. The number of benzene rings is 2. The number of carbonyl (C=O) groups excluding carboxylic acids is 2. The number of para-hydroxylation sites is 1. The van der Waals surface area contributed by atoms with Gasteiger partial charge in [-0.05, 0) is 36.5 Å². The van der Waals surface area contributed by atoms with Crippen molar-refractivity contribution in [3.8, 4) is 11.5 Å². The minimum atomic E-state index is -0.932. The van der Waals surface area contributed by atoms with E-state index in [-0.39, 0.29) is 18.6 Å². The number of piperidine rings is 1. The number of nitrogens with zero attached hydrogens (tertiary/aromatic N) is 3. The molecule has 1 spiro atoms. The summed E-state index contributed by atoms with van der Waals surface area (Å²) in [5, 5.41) is 0. The highest BCUT2D eigenvalue weighted by atomic mass is 16.7. The molecule has 8 heteroatoms. The van der Waals surface area contributed by atoms with Gasteiger partial charge in [-0.25, -0.2) is 4.99 Å². The van der Waals surface area contributed by atoms with Crippen molar-refractivity contribution in [2.75, 3.05) is 31.3 Å². The number of carbonyl (C=O) groups is 2. The monoisotopic (exact) mass is 446 g/mol. The van der Waals surface area contributed by atoms with Crippen molar-refractivity contribution in [1.82, 2.24) is 4.90 Å². The second-order valence-corrected chi connectivity index (χ2v) is 9.29. The average Bonchev–Trinajstić information content (AvgIpc) is 3.35. The Balaban J connectivity index is 1.41. The fourth-order valence-electron chi connectivity index (χ4n) is 5.75. The molecule has 4 aliphatic rings. The summed E-state index contributed by atoms with van der Waals surface area (Å²) in [4.78, 5) is 34.4. The first kappa shape index (κ1) is 20.1. The molecule has 1 unspecified atom stereocenters. The van der Waals surface area contributed by atoms with Crippen LogP contribution in [0.5, 0.6) is 11.5 Å². The normalized spacial score (nSPS) is 23.5. The molecule has 1 saturated heterocycles. The predicted molar refractivity (Wildman–Crippen MR) is 123 cm³/mol. The summed E-state index contributed by atoms with van der Waals surface area (Å²) in [6.45, 7) is 3.87. The van der Waals surface area contributed by atoms with E-state index >= 15 is 0 Å². The number of likely N-dealkylation sites (tertiary alicyclic amines) is 1. The summed E-state index contributed by atoms with van der Waals surface area (Å²) < 4.78 is 11.2. The van der Waals surface area contributed by atoms with E-state index in [0.717, 1.165) is 42.7 Å². The van der Waals surface area contributed by atoms with Crippen LogP contribution in [0.25, 0.3) is 0 Å². The van der Waals surface area contributed by atoms with Crippen LogP contribution in [0.15, 0.2) is 41.4 Å². The molecule has 1 atom stereocenters. The molecule has 2 aromatic carbocycles. The maximum absolute atomic E-state index is 14.3. The van der Waals surface area contributed by atoms with Crippen LogP contribution in [0.3, 0.4) is 0 Å². The summed E-state index contributed by atoms with van der Waals surface area (Å²) >= 11 is 0. The largest absolute Gasteiger partial charge is 0.454 e. The van der Waals surface area contributed by atoms with Crippen LogP contribution < -0.4 is 20.1 Å². The minimum absolute atomic E-state index is 0.0238. The molecular weight excluding hydrogens is 420 g/mol. The summed E-state index contributed by atoms with van der Waals surface area (Å²) in [5.41, 5.74) is 8.73. The Bertz CT molecular complexity index is 1200. The molecule has 8 nitrogen and oxygen atoms in total. The van der Waals surface area contributed by atoms with E-state index < -0.39 is 5.41 Å². The summed E-state index contributed by atoms with van der Waals surface area (Å²) in [6.07, 6.45) is 2.10. The molecule has 0 bridgehead atoms. The summed E-state index contributed by atoms with van der Waals surface area (Å²) in [5.74, 6) is 2.15. The van der Waals surface area contributed by atoms with Crippen LogP contribution in [0.2, 0.25) is 0 Å². The maximum atomic E-state index is 14.3. The molecule has 4 heterocycles. The first-order valence-corrected chi connectivity index (χ1v) is 11.4. The van der Waals surface area contributed by atoms with Crippen LogP contribution >= 0.6 is 0 Å².